The van der Waals surface area contributed by atoms with Crippen molar-refractivity contribution in [1.82, 2.24) is 0 Å². The van der Waals surface area contributed by atoms with Gasteiger partial charge in [-0.3, -0.25) is 14.9 Å². The predicted molar refractivity (Wildman–Crippen MR) is 92.3 cm³/mol. The lowest BCUT2D eigenvalue weighted by atomic mass is 10.0. The number of nitro groups is 1. The summed E-state index contributed by atoms with van der Waals surface area (Å²) < 4.78 is 0. The molecule has 0 aromatic heterocycles. The Morgan fingerprint density at radius 1 is 1.48 bits per heavy atom. The largest absolute Gasteiger partial charge is 0.363 e. The number of amides is 1. The highest BCUT2D eigenvalue weighted by Crippen LogP contribution is 2.39. The number of benzene rings is 1. The second-order valence-corrected chi connectivity index (χ2v) is 6.32. The van der Waals surface area contributed by atoms with Gasteiger partial charge < -0.3 is 10.2 Å². The Labute approximate surface area is 141 Å². The predicted octanol–water partition coefficient (Wildman–Crippen LogP) is 4.37. The molecule has 1 aliphatic rings. The van der Waals surface area contributed by atoms with Crippen LogP contribution < -0.4 is 10.2 Å². The molecule has 1 atom stereocenters. The van der Waals surface area contributed by atoms with E-state index in [1.807, 2.05) is 11.8 Å². The van der Waals surface area contributed by atoms with Crippen LogP contribution >= 0.6 is 11.6 Å². The maximum absolute atomic E-state index is 11.8. The highest BCUT2D eigenvalue weighted by Gasteiger charge is 2.27. The van der Waals surface area contributed by atoms with Crippen LogP contribution in [0.4, 0.5) is 17.1 Å². The Balaban J connectivity index is 2.41. The number of halogens is 1. The zero-order valence-electron chi connectivity index (χ0n) is 13.5. The van der Waals surface area contributed by atoms with E-state index < -0.39 is 4.92 Å². The minimum Gasteiger partial charge on any atom is -0.363 e. The van der Waals surface area contributed by atoms with Crippen LogP contribution in [0.5, 0.6) is 0 Å². The molecule has 23 heavy (non-hydrogen) atoms. The Morgan fingerprint density at radius 3 is 2.83 bits per heavy atom. The summed E-state index contributed by atoms with van der Waals surface area (Å²) in [6.45, 7) is 4.75. The molecule has 1 fully saturated rings. The van der Waals surface area contributed by atoms with E-state index in [-0.39, 0.29) is 22.7 Å². The molecule has 6 nitrogen and oxygen atoms in total. The van der Waals surface area contributed by atoms with Crippen LogP contribution in [-0.4, -0.2) is 23.4 Å². The maximum Gasteiger partial charge on any atom is 0.294 e. The molecule has 2 rings (SSSR count). The van der Waals surface area contributed by atoms with Crippen molar-refractivity contribution in [3.05, 3.63) is 27.3 Å². The Morgan fingerprint density at radius 2 is 2.22 bits per heavy atom. The fraction of sp³-hybridized carbons (Fsp3) is 0.562. The summed E-state index contributed by atoms with van der Waals surface area (Å²) in [4.78, 5) is 24.8. The molecule has 0 bridgehead atoms. The Hall–Kier alpha value is -1.82. The van der Waals surface area contributed by atoms with Crippen molar-refractivity contribution in [2.45, 2.75) is 52.0 Å². The molecule has 1 aromatic carbocycles. The second kappa shape index (κ2) is 7.64. The highest BCUT2D eigenvalue weighted by molar-refractivity contribution is 6.34. The molecule has 1 N–H and O–H groups in total. The van der Waals surface area contributed by atoms with Gasteiger partial charge in [0.25, 0.3) is 5.69 Å². The third kappa shape index (κ3) is 4.13. The lowest BCUT2D eigenvalue weighted by Gasteiger charge is -2.35. The number of hydrogen-bond acceptors (Lipinski definition) is 4. The summed E-state index contributed by atoms with van der Waals surface area (Å²) in [6.07, 6.45) is 4.24. The first-order valence-corrected chi connectivity index (χ1v) is 8.36. The minimum absolute atomic E-state index is 0.0164. The van der Waals surface area contributed by atoms with Crippen molar-refractivity contribution >= 4 is 34.6 Å². The molecule has 0 saturated carbocycles. The van der Waals surface area contributed by atoms with Crippen LogP contribution in [0.3, 0.4) is 0 Å². The Kier molecular flexibility index (Phi) is 5.82. The first-order chi connectivity index (χ1) is 10.9. The average Bonchev–Trinajstić information content (AvgIpc) is 2.49. The summed E-state index contributed by atoms with van der Waals surface area (Å²) in [5, 5.41) is 14.3. The SMILES string of the molecule is CCCC(=O)Nc1cc(N2CCCC[C@H]2C)c([N+](=O)[O-])cc1Cl. The van der Waals surface area contributed by atoms with Gasteiger partial charge in [0, 0.05) is 25.1 Å². The summed E-state index contributed by atoms with van der Waals surface area (Å²) in [5.41, 5.74) is 0.944. The summed E-state index contributed by atoms with van der Waals surface area (Å²) in [7, 11) is 0. The van der Waals surface area contributed by atoms with Crippen molar-refractivity contribution < 1.29 is 9.72 Å². The van der Waals surface area contributed by atoms with Gasteiger partial charge in [0.15, 0.2) is 0 Å². The van der Waals surface area contributed by atoms with Gasteiger partial charge in [0.2, 0.25) is 5.91 Å². The lowest BCUT2D eigenvalue weighted by molar-refractivity contribution is -0.384. The molecular weight excluding hydrogens is 318 g/mol. The maximum atomic E-state index is 11.8. The fourth-order valence-corrected chi connectivity index (χ4v) is 3.12. The first kappa shape index (κ1) is 17.5. The zero-order valence-corrected chi connectivity index (χ0v) is 14.2. The van der Waals surface area contributed by atoms with Crippen LogP contribution in [0.1, 0.15) is 46.0 Å². The zero-order chi connectivity index (χ0) is 17.0. The van der Waals surface area contributed by atoms with Crippen LogP contribution in [0.2, 0.25) is 5.02 Å². The standard InChI is InChI=1S/C16H22ClN3O3/c1-3-6-16(21)18-13-10-14(15(20(22)23)9-12(13)17)19-8-5-4-7-11(19)2/h9-11H,3-8H2,1-2H3,(H,18,21)/t11-/m1/s1. The van der Waals surface area contributed by atoms with Crippen molar-refractivity contribution in [3.63, 3.8) is 0 Å². The third-order valence-electron chi connectivity index (χ3n) is 4.12. The third-order valence-corrected chi connectivity index (χ3v) is 4.44. The number of carbonyl (C=O) groups excluding carboxylic acids is 1. The van der Waals surface area contributed by atoms with Crippen LogP contribution in [0.25, 0.3) is 0 Å². The van der Waals surface area contributed by atoms with Crippen molar-refractivity contribution in [2.24, 2.45) is 0 Å². The van der Waals surface area contributed by atoms with Gasteiger partial charge in [-0.05, 0) is 38.7 Å². The van der Waals surface area contributed by atoms with E-state index in [4.69, 9.17) is 11.6 Å². The van der Waals surface area contributed by atoms with E-state index in [1.54, 1.807) is 6.07 Å². The van der Waals surface area contributed by atoms with Crippen LogP contribution in [0, 0.1) is 10.1 Å². The molecule has 0 spiro atoms. The quantitative estimate of drug-likeness (QED) is 0.638. The van der Waals surface area contributed by atoms with Gasteiger partial charge in [-0.1, -0.05) is 18.5 Å². The van der Waals surface area contributed by atoms with Gasteiger partial charge in [-0.25, -0.2) is 0 Å². The molecule has 126 valence electrons. The van der Waals surface area contributed by atoms with E-state index in [0.29, 0.717) is 17.8 Å². The van der Waals surface area contributed by atoms with E-state index in [2.05, 4.69) is 12.2 Å². The van der Waals surface area contributed by atoms with E-state index >= 15 is 0 Å². The number of nitrogens with one attached hydrogen (secondary N) is 1. The van der Waals surface area contributed by atoms with Gasteiger partial charge in [-0.2, -0.15) is 0 Å². The van der Waals surface area contributed by atoms with Gasteiger partial charge in [-0.15, -0.1) is 0 Å². The topological polar surface area (TPSA) is 75.5 Å². The number of rotatable bonds is 5. The first-order valence-electron chi connectivity index (χ1n) is 7.98. The van der Waals surface area contributed by atoms with Crippen molar-refractivity contribution in [3.8, 4) is 0 Å². The highest BCUT2D eigenvalue weighted by atomic mass is 35.5. The summed E-state index contributed by atoms with van der Waals surface area (Å²) >= 11 is 6.13. The van der Waals surface area contributed by atoms with Gasteiger partial charge in [0.1, 0.15) is 5.69 Å². The van der Waals surface area contributed by atoms with E-state index in [9.17, 15) is 14.9 Å². The van der Waals surface area contributed by atoms with E-state index in [0.717, 1.165) is 32.2 Å². The van der Waals surface area contributed by atoms with Crippen molar-refractivity contribution in [1.29, 1.82) is 0 Å². The smallest absolute Gasteiger partial charge is 0.294 e. The number of piperidine rings is 1. The molecule has 1 aliphatic heterocycles. The fourth-order valence-electron chi connectivity index (χ4n) is 2.92. The second-order valence-electron chi connectivity index (χ2n) is 5.91. The molecule has 0 radical (unpaired) electrons. The number of nitrogens with zero attached hydrogens (tertiary/aromatic N) is 2. The number of anilines is 2. The molecule has 0 aliphatic carbocycles. The number of nitro benzene ring substituents is 1. The molecule has 7 heteroatoms. The van der Waals surface area contributed by atoms with Crippen molar-refractivity contribution in [2.75, 3.05) is 16.8 Å². The van der Waals surface area contributed by atoms with E-state index in [1.165, 1.54) is 6.07 Å². The van der Waals surface area contributed by atoms with Gasteiger partial charge in [0.05, 0.1) is 15.6 Å². The molecule has 1 aromatic rings. The Bertz CT molecular complexity index is 606. The lowest BCUT2D eigenvalue weighted by Crippen LogP contribution is -2.37. The summed E-state index contributed by atoms with van der Waals surface area (Å²) in [5.74, 6) is -0.138. The normalized spacial score (nSPS) is 17.9. The summed E-state index contributed by atoms with van der Waals surface area (Å²) in [6, 6.07) is 3.19. The number of hydrogen-bond donors (Lipinski definition) is 1. The minimum atomic E-state index is -0.416. The molecule has 0 unspecified atom stereocenters. The van der Waals surface area contributed by atoms with Gasteiger partial charge >= 0.3 is 0 Å². The van der Waals surface area contributed by atoms with Crippen LogP contribution in [-0.2, 0) is 4.79 Å². The monoisotopic (exact) mass is 339 g/mol. The number of carbonyl (C=O) groups is 1. The van der Waals surface area contributed by atoms with Crippen LogP contribution in [0.15, 0.2) is 12.1 Å². The molecule has 1 heterocycles. The molecule has 1 amide bonds. The molecule has 1 saturated heterocycles. The molecular formula is C16H22ClN3O3. The average molecular weight is 340 g/mol.